The van der Waals surface area contributed by atoms with Crippen molar-refractivity contribution >= 4 is 34.8 Å². The Hall–Kier alpha value is -1.60. The molecule has 94 valence electrons. The summed E-state index contributed by atoms with van der Waals surface area (Å²) in [6, 6.07) is 1.56. The van der Waals surface area contributed by atoms with Crippen LogP contribution in [-0.4, -0.2) is 23.0 Å². The number of aryl methyl sites for hydroxylation is 1. The molecule has 0 bridgehead atoms. The molecular formula is C11H11N3O2S2. The van der Waals surface area contributed by atoms with Crippen molar-refractivity contribution in [3.63, 3.8) is 0 Å². The smallest absolute Gasteiger partial charge is 0.340 e. The van der Waals surface area contributed by atoms with E-state index in [-0.39, 0.29) is 0 Å². The van der Waals surface area contributed by atoms with E-state index in [4.69, 9.17) is 10.5 Å². The number of hydrogen-bond acceptors (Lipinski definition) is 7. The molecule has 0 unspecified atom stereocenters. The Morgan fingerprint density at radius 1 is 1.56 bits per heavy atom. The Morgan fingerprint density at radius 3 is 2.94 bits per heavy atom. The first-order valence-electron chi connectivity index (χ1n) is 5.04. The van der Waals surface area contributed by atoms with Crippen LogP contribution in [0.25, 0.3) is 0 Å². The van der Waals surface area contributed by atoms with E-state index in [0.29, 0.717) is 16.3 Å². The van der Waals surface area contributed by atoms with Gasteiger partial charge in [-0.15, -0.1) is 11.3 Å². The highest BCUT2D eigenvalue weighted by Gasteiger charge is 2.16. The maximum Gasteiger partial charge on any atom is 0.340 e. The molecule has 18 heavy (non-hydrogen) atoms. The summed E-state index contributed by atoms with van der Waals surface area (Å²) in [5.74, 6) is -0.453. The Bertz CT molecular complexity index is 583. The van der Waals surface area contributed by atoms with Crippen LogP contribution in [0.2, 0.25) is 0 Å². The fourth-order valence-electron chi connectivity index (χ4n) is 1.27. The molecule has 2 rings (SSSR count). The van der Waals surface area contributed by atoms with Crippen molar-refractivity contribution in [2.75, 3.05) is 12.8 Å². The summed E-state index contributed by atoms with van der Waals surface area (Å²) in [7, 11) is 1.33. The number of ether oxygens (including phenoxy) is 1. The zero-order valence-corrected chi connectivity index (χ0v) is 11.5. The van der Waals surface area contributed by atoms with Gasteiger partial charge in [-0.05, 0) is 24.8 Å². The molecule has 5 nitrogen and oxygen atoms in total. The van der Waals surface area contributed by atoms with Crippen molar-refractivity contribution < 1.29 is 9.53 Å². The predicted molar refractivity (Wildman–Crippen MR) is 71.0 cm³/mol. The summed E-state index contributed by atoms with van der Waals surface area (Å²) in [4.78, 5) is 20.1. The van der Waals surface area contributed by atoms with Gasteiger partial charge in [0.15, 0.2) is 4.34 Å². The van der Waals surface area contributed by atoms with Crippen LogP contribution in [0.5, 0.6) is 0 Å². The number of rotatable bonds is 3. The van der Waals surface area contributed by atoms with E-state index in [0.717, 1.165) is 10.0 Å². The monoisotopic (exact) mass is 281 g/mol. The molecule has 0 aliphatic carbocycles. The third-order valence-electron chi connectivity index (χ3n) is 2.06. The lowest BCUT2D eigenvalue weighted by Gasteiger charge is -2.05. The van der Waals surface area contributed by atoms with Crippen LogP contribution >= 0.6 is 23.1 Å². The maximum atomic E-state index is 11.6. The number of pyridine rings is 1. The molecule has 2 heterocycles. The first-order valence-corrected chi connectivity index (χ1v) is 6.73. The molecule has 0 amide bonds. The van der Waals surface area contributed by atoms with Gasteiger partial charge in [0.2, 0.25) is 0 Å². The van der Waals surface area contributed by atoms with Gasteiger partial charge in [-0.25, -0.2) is 14.8 Å². The van der Waals surface area contributed by atoms with Crippen LogP contribution in [0.15, 0.2) is 27.0 Å². The highest BCUT2D eigenvalue weighted by Crippen LogP contribution is 2.32. The molecule has 0 saturated heterocycles. The zero-order valence-electron chi connectivity index (χ0n) is 9.84. The highest BCUT2D eigenvalue weighted by atomic mass is 32.2. The lowest BCUT2D eigenvalue weighted by atomic mass is 10.3. The number of nitrogen functional groups attached to an aromatic ring is 1. The normalized spacial score (nSPS) is 10.3. The van der Waals surface area contributed by atoms with E-state index in [2.05, 4.69) is 9.97 Å². The molecular weight excluding hydrogens is 270 g/mol. The predicted octanol–water partition coefficient (Wildman–Crippen LogP) is 2.37. The van der Waals surface area contributed by atoms with Gasteiger partial charge in [0, 0.05) is 11.1 Å². The van der Waals surface area contributed by atoms with E-state index in [1.165, 1.54) is 36.4 Å². The standard InChI is InChI=1S/C11H11N3O2S2/c1-6-5-17-11(14-6)18-9-8(10(15)16-2)3-7(12)4-13-9/h3-5H,12H2,1-2H3. The van der Waals surface area contributed by atoms with Crippen LogP contribution in [-0.2, 0) is 4.74 Å². The van der Waals surface area contributed by atoms with Gasteiger partial charge in [0.05, 0.1) is 24.6 Å². The number of aromatic nitrogens is 2. The van der Waals surface area contributed by atoms with E-state index < -0.39 is 5.97 Å². The van der Waals surface area contributed by atoms with Gasteiger partial charge in [0.1, 0.15) is 5.03 Å². The maximum absolute atomic E-state index is 11.6. The second kappa shape index (κ2) is 5.36. The summed E-state index contributed by atoms with van der Waals surface area (Å²) in [5, 5.41) is 2.49. The lowest BCUT2D eigenvalue weighted by molar-refractivity contribution is 0.0596. The molecule has 0 aliphatic rings. The second-order valence-electron chi connectivity index (χ2n) is 3.47. The van der Waals surface area contributed by atoms with Crippen molar-refractivity contribution in [2.45, 2.75) is 16.3 Å². The van der Waals surface area contributed by atoms with Crippen LogP contribution in [0.3, 0.4) is 0 Å². The number of anilines is 1. The number of thiazole rings is 1. The topological polar surface area (TPSA) is 78.1 Å². The van der Waals surface area contributed by atoms with Gasteiger partial charge in [0.25, 0.3) is 0 Å². The SMILES string of the molecule is COC(=O)c1cc(N)cnc1Sc1nc(C)cs1. The molecule has 2 N–H and O–H groups in total. The third-order valence-corrected chi connectivity index (χ3v) is 4.13. The van der Waals surface area contributed by atoms with Crippen molar-refractivity contribution in [1.82, 2.24) is 9.97 Å². The summed E-state index contributed by atoms with van der Waals surface area (Å²) in [6.07, 6.45) is 1.51. The van der Waals surface area contributed by atoms with Crippen LogP contribution in [0.4, 0.5) is 5.69 Å². The van der Waals surface area contributed by atoms with Crippen LogP contribution in [0.1, 0.15) is 16.1 Å². The molecule has 0 aliphatic heterocycles. The molecule has 0 radical (unpaired) electrons. The van der Waals surface area contributed by atoms with Crippen molar-refractivity contribution in [3.8, 4) is 0 Å². The average molecular weight is 281 g/mol. The highest BCUT2D eigenvalue weighted by molar-refractivity contribution is 8.01. The summed E-state index contributed by atoms with van der Waals surface area (Å²) in [6.45, 7) is 1.91. The van der Waals surface area contributed by atoms with Gasteiger partial charge >= 0.3 is 5.97 Å². The summed E-state index contributed by atoms with van der Waals surface area (Å²) >= 11 is 2.83. The molecule has 2 aromatic heterocycles. The number of hydrogen-bond donors (Lipinski definition) is 1. The van der Waals surface area contributed by atoms with Crippen molar-refractivity contribution in [2.24, 2.45) is 0 Å². The summed E-state index contributed by atoms with van der Waals surface area (Å²) in [5.41, 5.74) is 7.35. The second-order valence-corrected chi connectivity index (χ2v) is 5.56. The quantitative estimate of drug-likeness (QED) is 0.870. The number of methoxy groups -OCH3 is 1. The molecule has 0 spiro atoms. The Balaban J connectivity index is 2.35. The van der Waals surface area contributed by atoms with Crippen molar-refractivity contribution in [1.29, 1.82) is 0 Å². The zero-order chi connectivity index (χ0) is 13.1. The van der Waals surface area contributed by atoms with E-state index in [9.17, 15) is 4.79 Å². The van der Waals surface area contributed by atoms with Gasteiger partial charge < -0.3 is 10.5 Å². The van der Waals surface area contributed by atoms with Crippen molar-refractivity contribution in [3.05, 3.63) is 28.9 Å². The Morgan fingerprint density at radius 2 is 2.33 bits per heavy atom. The van der Waals surface area contributed by atoms with E-state index in [1.807, 2.05) is 12.3 Å². The van der Waals surface area contributed by atoms with E-state index in [1.54, 1.807) is 6.07 Å². The first-order chi connectivity index (χ1) is 8.60. The molecule has 0 aromatic carbocycles. The fraction of sp³-hybridized carbons (Fsp3) is 0.182. The summed E-state index contributed by atoms with van der Waals surface area (Å²) < 4.78 is 5.54. The largest absolute Gasteiger partial charge is 0.465 e. The minimum absolute atomic E-state index is 0.357. The fourth-order valence-corrected chi connectivity index (χ4v) is 3.07. The molecule has 0 atom stereocenters. The Labute approximate surface area is 112 Å². The average Bonchev–Trinajstić information content (AvgIpc) is 2.76. The molecule has 7 heteroatoms. The van der Waals surface area contributed by atoms with Gasteiger partial charge in [-0.3, -0.25) is 0 Å². The third kappa shape index (κ3) is 2.80. The molecule has 0 fully saturated rings. The first kappa shape index (κ1) is 12.8. The number of esters is 1. The van der Waals surface area contributed by atoms with Gasteiger partial charge in [-0.1, -0.05) is 0 Å². The van der Waals surface area contributed by atoms with Crippen LogP contribution < -0.4 is 5.73 Å². The minimum Gasteiger partial charge on any atom is -0.465 e. The number of nitrogens with two attached hydrogens (primary N) is 1. The van der Waals surface area contributed by atoms with Gasteiger partial charge in [-0.2, -0.15) is 0 Å². The number of carbonyl (C=O) groups is 1. The van der Waals surface area contributed by atoms with Crippen LogP contribution in [0, 0.1) is 6.92 Å². The molecule has 0 saturated carbocycles. The minimum atomic E-state index is -0.453. The molecule has 2 aromatic rings. The Kier molecular flexibility index (Phi) is 3.83. The van der Waals surface area contributed by atoms with E-state index >= 15 is 0 Å². The lowest BCUT2D eigenvalue weighted by Crippen LogP contribution is -2.05. The number of nitrogens with zero attached hydrogens (tertiary/aromatic N) is 2. The number of carbonyl (C=O) groups excluding carboxylic acids is 1.